The molecule has 1 aliphatic rings. The highest BCUT2D eigenvalue weighted by Gasteiger charge is 2.37. The lowest BCUT2D eigenvalue weighted by Crippen LogP contribution is -2.55. The van der Waals surface area contributed by atoms with Crippen LogP contribution < -0.4 is 10.6 Å². The lowest BCUT2D eigenvalue weighted by molar-refractivity contribution is -0.124. The molecule has 1 aliphatic carbocycles. The third kappa shape index (κ3) is 4.12. The molecule has 0 saturated heterocycles. The van der Waals surface area contributed by atoms with E-state index in [0.717, 1.165) is 18.4 Å². The van der Waals surface area contributed by atoms with E-state index in [1.807, 2.05) is 20.3 Å². The zero-order valence-electron chi connectivity index (χ0n) is 15.1. The molecule has 2 N–H and O–H groups in total. The Morgan fingerprint density at radius 3 is 2.83 bits per heavy atom. The summed E-state index contributed by atoms with van der Waals surface area (Å²) in [6.07, 6.45) is 8.42. The average molecular weight is 321 g/mol. The van der Waals surface area contributed by atoms with Gasteiger partial charge in [0.15, 0.2) is 0 Å². The fourth-order valence-corrected chi connectivity index (χ4v) is 3.75. The molecule has 0 aliphatic heterocycles. The molecular weight excluding hydrogens is 290 g/mol. The quantitative estimate of drug-likeness (QED) is 0.829. The number of nitrogens with zero attached hydrogens (tertiary/aromatic N) is 3. The van der Waals surface area contributed by atoms with Gasteiger partial charge >= 0.3 is 0 Å². The maximum absolute atomic E-state index is 12.6. The van der Waals surface area contributed by atoms with Gasteiger partial charge in [-0.1, -0.05) is 19.8 Å². The van der Waals surface area contributed by atoms with Gasteiger partial charge in [0.1, 0.15) is 6.04 Å². The van der Waals surface area contributed by atoms with Crippen LogP contribution in [0.15, 0.2) is 12.4 Å². The van der Waals surface area contributed by atoms with Gasteiger partial charge in [0.2, 0.25) is 5.91 Å². The van der Waals surface area contributed by atoms with Crippen molar-refractivity contribution in [2.75, 3.05) is 27.7 Å². The predicted octanol–water partition coefficient (Wildman–Crippen LogP) is 1.31. The van der Waals surface area contributed by atoms with Gasteiger partial charge in [-0.25, -0.2) is 0 Å². The van der Waals surface area contributed by atoms with Gasteiger partial charge in [-0.15, -0.1) is 0 Å². The SMILES string of the molecule is CNC(C(=O)NCC1(N(C)C)CCCC(C)C1)c1cnn(C)c1. The number of aromatic nitrogens is 2. The van der Waals surface area contributed by atoms with Crippen molar-refractivity contribution in [2.45, 2.75) is 44.2 Å². The van der Waals surface area contributed by atoms with Gasteiger partial charge in [0.25, 0.3) is 0 Å². The van der Waals surface area contributed by atoms with E-state index in [2.05, 4.69) is 41.7 Å². The van der Waals surface area contributed by atoms with Crippen molar-refractivity contribution >= 4 is 5.91 Å². The summed E-state index contributed by atoms with van der Waals surface area (Å²) in [5.74, 6) is 0.724. The summed E-state index contributed by atoms with van der Waals surface area (Å²) in [7, 11) is 7.92. The van der Waals surface area contributed by atoms with E-state index in [9.17, 15) is 4.79 Å². The van der Waals surface area contributed by atoms with E-state index in [1.165, 1.54) is 12.8 Å². The molecule has 3 atom stereocenters. The number of amides is 1. The minimum absolute atomic E-state index is 0.0138. The average Bonchev–Trinajstić information content (AvgIpc) is 2.92. The Labute approximate surface area is 139 Å². The molecule has 6 heteroatoms. The fourth-order valence-electron chi connectivity index (χ4n) is 3.75. The minimum Gasteiger partial charge on any atom is -0.353 e. The Hall–Kier alpha value is -1.40. The molecule has 0 spiro atoms. The van der Waals surface area contributed by atoms with Crippen LogP contribution in [0.1, 0.15) is 44.2 Å². The number of likely N-dealkylation sites (N-methyl/N-ethyl adjacent to an activating group) is 2. The van der Waals surface area contributed by atoms with Crippen molar-refractivity contribution in [3.05, 3.63) is 18.0 Å². The first kappa shape index (κ1) is 17.9. The van der Waals surface area contributed by atoms with E-state index < -0.39 is 0 Å². The summed E-state index contributed by atoms with van der Waals surface area (Å²) in [5, 5.41) is 10.4. The Balaban J connectivity index is 2.03. The smallest absolute Gasteiger partial charge is 0.241 e. The van der Waals surface area contributed by atoms with Crippen molar-refractivity contribution in [1.29, 1.82) is 0 Å². The lowest BCUT2D eigenvalue weighted by atomic mass is 9.75. The first-order valence-corrected chi connectivity index (χ1v) is 8.49. The summed E-state index contributed by atoms with van der Waals surface area (Å²) in [4.78, 5) is 14.9. The normalized spacial score (nSPS) is 26.3. The predicted molar refractivity (Wildman–Crippen MR) is 92.1 cm³/mol. The summed E-state index contributed by atoms with van der Waals surface area (Å²) in [6.45, 7) is 3.01. The molecule has 130 valence electrons. The Bertz CT molecular complexity index is 527. The van der Waals surface area contributed by atoms with Crippen molar-refractivity contribution in [3.8, 4) is 0 Å². The first-order valence-electron chi connectivity index (χ1n) is 8.49. The van der Waals surface area contributed by atoms with Gasteiger partial charge in [-0.05, 0) is 39.9 Å². The number of carbonyl (C=O) groups excluding carboxylic acids is 1. The Morgan fingerprint density at radius 2 is 2.30 bits per heavy atom. The molecule has 1 heterocycles. The Kier molecular flexibility index (Phi) is 5.81. The van der Waals surface area contributed by atoms with Crippen LogP contribution in [0.25, 0.3) is 0 Å². The van der Waals surface area contributed by atoms with Gasteiger partial charge in [0.05, 0.1) is 6.20 Å². The molecule has 1 aromatic heterocycles. The summed E-state index contributed by atoms with van der Waals surface area (Å²) in [5.41, 5.74) is 0.962. The number of nitrogens with one attached hydrogen (secondary N) is 2. The first-order chi connectivity index (χ1) is 10.9. The fraction of sp³-hybridized carbons (Fsp3) is 0.765. The van der Waals surface area contributed by atoms with Crippen molar-refractivity contribution in [2.24, 2.45) is 13.0 Å². The minimum atomic E-state index is -0.357. The van der Waals surface area contributed by atoms with Crippen molar-refractivity contribution in [3.63, 3.8) is 0 Å². The van der Waals surface area contributed by atoms with Gasteiger partial charge in [0, 0.05) is 30.9 Å². The maximum atomic E-state index is 12.6. The number of hydrogen-bond donors (Lipinski definition) is 2. The Morgan fingerprint density at radius 1 is 1.57 bits per heavy atom. The second kappa shape index (κ2) is 7.45. The number of rotatable bonds is 6. The standard InChI is InChI=1S/C17H31N5O/c1-13-7-6-8-17(9-13,21(3)4)12-19-16(23)15(18-2)14-10-20-22(5)11-14/h10-11,13,15,18H,6-9,12H2,1-5H3,(H,19,23). The van der Waals surface area contributed by atoms with Gasteiger partial charge < -0.3 is 15.5 Å². The molecule has 1 aromatic rings. The topological polar surface area (TPSA) is 62.2 Å². The van der Waals surface area contributed by atoms with Gasteiger partial charge in [-0.3, -0.25) is 9.48 Å². The van der Waals surface area contributed by atoms with Crippen LogP contribution in [0.5, 0.6) is 0 Å². The number of aryl methyl sites for hydroxylation is 1. The van der Waals surface area contributed by atoms with Crippen molar-refractivity contribution in [1.82, 2.24) is 25.3 Å². The lowest BCUT2D eigenvalue weighted by Gasteiger charge is -2.45. The highest BCUT2D eigenvalue weighted by atomic mass is 16.2. The molecule has 1 amide bonds. The van der Waals surface area contributed by atoms with Crippen LogP contribution in [-0.2, 0) is 11.8 Å². The molecule has 3 unspecified atom stereocenters. The van der Waals surface area contributed by atoms with Gasteiger partial charge in [-0.2, -0.15) is 5.10 Å². The highest BCUT2D eigenvalue weighted by molar-refractivity contribution is 5.83. The summed E-state index contributed by atoms with van der Waals surface area (Å²) >= 11 is 0. The summed E-state index contributed by atoms with van der Waals surface area (Å²) in [6, 6.07) is -0.357. The third-order valence-electron chi connectivity index (χ3n) is 5.22. The largest absolute Gasteiger partial charge is 0.353 e. The van der Waals surface area contributed by atoms with Crippen LogP contribution >= 0.6 is 0 Å². The third-order valence-corrected chi connectivity index (χ3v) is 5.22. The zero-order chi connectivity index (χ0) is 17.0. The second-order valence-electron chi connectivity index (χ2n) is 7.21. The molecule has 0 aromatic carbocycles. The zero-order valence-corrected chi connectivity index (χ0v) is 15.1. The summed E-state index contributed by atoms with van der Waals surface area (Å²) < 4.78 is 1.72. The van der Waals surface area contributed by atoms with E-state index in [0.29, 0.717) is 12.5 Å². The van der Waals surface area contributed by atoms with E-state index in [-0.39, 0.29) is 17.5 Å². The monoisotopic (exact) mass is 321 g/mol. The van der Waals surface area contributed by atoms with Crippen LogP contribution in [0.3, 0.4) is 0 Å². The van der Waals surface area contributed by atoms with E-state index in [1.54, 1.807) is 10.9 Å². The van der Waals surface area contributed by atoms with E-state index >= 15 is 0 Å². The van der Waals surface area contributed by atoms with Crippen molar-refractivity contribution < 1.29 is 4.79 Å². The maximum Gasteiger partial charge on any atom is 0.241 e. The van der Waals surface area contributed by atoms with Crippen LogP contribution in [0.4, 0.5) is 0 Å². The highest BCUT2D eigenvalue weighted by Crippen LogP contribution is 2.35. The van der Waals surface area contributed by atoms with E-state index in [4.69, 9.17) is 0 Å². The molecule has 23 heavy (non-hydrogen) atoms. The molecular formula is C17H31N5O. The number of hydrogen-bond acceptors (Lipinski definition) is 4. The van der Waals surface area contributed by atoms with Crippen LogP contribution in [0, 0.1) is 5.92 Å². The second-order valence-corrected chi connectivity index (χ2v) is 7.21. The molecule has 6 nitrogen and oxygen atoms in total. The molecule has 1 saturated carbocycles. The van der Waals surface area contributed by atoms with Crippen LogP contribution in [0.2, 0.25) is 0 Å². The number of carbonyl (C=O) groups is 1. The molecule has 0 bridgehead atoms. The molecule has 0 radical (unpaired) electrons. The molecule has 2 rings (SSSR count). The van der Waals surface area contributed by atoms with Crippen LogP contribution in [-0.4, -0.2) is 53.8 Å². The molecule has 1 fully saturated rings.